The number of aromatic amines is 1. The van der Waals surface area contributed by atoms with Crippen molar-refractivity contribution in [3.63, 3.8) is 0 Å². The number of H-pyrrole nitrogens is 1. The zero-order chi connectivity index (χ0) is 13.2. The predicted molar refractivity (Wildman–Crippen MR) is 60.1 cm³/mol. The molecular formula is C10H12F3N5. The van der Waals surface area contributed by atoms with Gasteiger partial charge in [-0.05, 0) is 6.42 Å². The fourth-order valence-electron chi connectivity index (χ4n) is 1.48. The molecule has 0 amide bonds. The van der Waals surface area contributed by atoms with Crippen LogP contribution in [0.1, 0.15) is 25.6 Å². The molecule has 0 saturated carbocycles. The molecule has 8 heteroatoms. The monoisotopic (exact) mass is 259 g/mol. The summed E-state index contributed by atoms with van der Waals surface area (Å²) < 4.78 is 37.8. The number of alkyl halides is 3. The average molecular weight is 259 g/mol. The molecule has 0 bridgehead atoms. The van der Waals surface area contributed by atoms with Crippen LogP contribution in [0.4, 0.5) is 19.0 Å². The van der Waals surface area contributed by atoms with E-state index in [1.165, 1.54) is 6.20 Å². The van der Waals surface area contributed by atoms with E-state index >= 15 is 0 Å². The Kier molecular flexibility index (Phi) is 3.35. The Bertz CT molecular complexity index is 534. The molecule has 0 aliphatic heterocycles. The number of rotatable bonds is 4. The van der Waals surface area contributed by atoms with Crippen LogP contribution < -0.4 is 5.32 Å². The van der Waals surface area contributed by atoms with E-state index in [-0.39, 0.29) is 11.5 Å². The minimum atomic E-state index is -4.57. The van der Waals surface area contributed by atoms with Crippen molar-refractivity contribution in [3.05, 3.63) is 12.0 Å². The smallest absolute Gasteiger partial charge is 0.369 e. The molecule has 2 N–H and O–H groups in total. The summed E-state index contributed by atoms with van der Waals surface area (Å²) in [6.45, 7) is 2.56. The third-order valence-corrected chi connectivity index (χ3v) is 2.39. The lowest BCUT2D eigenvalue weighted by Gasteiger charge is -2.09. The van der Waals surface area contributed by atoms with Crippen molar-refractivity contribution in [1.82, 2.24) is 20.2 Å². The second-order valence-electron chi connectivity index (χ2n) is 3.81. The molecule has 2 aromatic rings. The van der Waals surface area contributed by atoms with Crippen LogP contribution in [0.2, 0.25) is 0 Å². The molecule has 0 aliphatic carbocycles. The van der Waals surface area contributed by atoms with E-state index < -0.39 is 12.0 Å². The highest BCUT2D eigenvalue weighted by Crippen LogP contribution is 2.29. The first-order valence-corrected chi connectivity index (χ1v) is 5.54. The Balaban J connectivity index is 2.39. The molecule has 0 radical (unpaired) electrons. The summed E-state index contributed by atoms with van der Waals surface area (Å²) >= 11 is 0. The third-order valence-electron chi connectivity index (χ3n) is 2.39. The van der Waals surface area contributed by atoms with Gasteiger partial charge in [0.2, 0.25) is 5.82 Å². The van der Waals surface area contributed by atoms with Gasteiger partial charge in [-0.3, -0.25) is 5.10 Å². The first-order valence-electron chi connectivity index (χ1n) is 5.54. The van der Waals surface area contributed by atoms with Gasteiger partial charge in [0, 0.05) is 6.54 Å². The molecule has 2 rings (SSSR count). The maximum absolute atomic E-state index is 12.6. The van der Waals surface area contributed by atoms with Crippen molar-refractivity contribution in [3.8, 4) is 0 Å². The molecule has 18 heavy (non-hydrogen) atoms. The Morgan fingerprint density at radius 3 is 2.78 bits per heavy atom. The minimum Gasteiger partial charge on any atom is -0.369 e. The molecule has 0 unspecified atom stereocenters. The van der Waals surface area contributed by atoms with Crippen molar-refractivity contribution in [2.45, 2.75) is 25.9 Å². The van der Waals surface area contributed by atoms with Crippen LogP contribution in [-0.2, 0) is 6.18 Å². The summed E-state index contributed by atoms with van der Waals surface area (Å²) in [6, 6.07) is 0. The van der Waals surface area contributed by atoms with E-state index in [1.54, 1.807) is 0 Å². The highest BCUT2D eigenvalue weighted by Gasteiger charge is 2.35. The maximum atomic E-state index is 12.6. The summed E-state index contributed by atoms with van der Waals surface area (Å²) in [5, 5.41) is 9.43. The minimum absolute atomic E-state index is 0.0799. The Morgan fingerprint density at radius 1 is 1.33 bits per heavy atom. The molecule has 5 nitrogen and oxygen atoms in total. The third kappa shape index (κ3) is 2.52. The molecule has 2 aromatic heterocycles. The summed E-state index contributed by atoms with van der Waals surface area (Å²) in [4.78, 5) is 6.91. The number of nitrogens with zero attached hydrogens (tertiary/aromatic N) is 3. The van der Waals surface area contributed by atoms with Gasteiger partial charge in [0.15, 0.2) is 5.65 Å². The van der Waals surface area contributed by atoms with Gasteiger partial charge in [-0.25, -0.2) is 9.97 Å². The number of hydrogen-bond donors (Lipinski definition) is 2. The summed E-state index contributed by atoms with van der Waals surface area (Å²) in [5.74, 6) is -1.01. The number of hydrogen-bond acceptors (Lipinski definition) is 4. The molecular weight excluding hydrogens is 247 g/mol. The standard InChI is InChI=1S/C10H12F3N5/c1-2-3-4-14-7-6-5-15-18-8(6)17-9(16-7)10(11,12)13/h5H,2-4H2,1H3,(H2,14,15,16,17,18). The molecule has 2 heterocycles. The Morgan fingerprint density at radius 2 is 2.11 bits per heavy atom. The van der Waals surface area contributed by atoms with Crippen LogP contribution in [0.25, 0.3) is 11.0 Å². The highest BCUT2D eigenvalue weighted by atomic mass is 19.4. The fourth-order valence-corrected chi connectivity index (χ4v) is 1.48. The Labute approximate surface area is 101 Å². The largest absolute Gasteiger partial charge is 0.451 e. The fraction of sp³-hybridized carbons (Fsp3) is 0.500. The van der Waals surface area contributed by atoms with Gasteiger partial charge >= 0.3 is 6.18 Å². The van der Waals surface area contributed by atoms with Gasteiger partial charge in [-0.2, -0.15) is 18.3 Å². The van der Waals surface area contributed by atoms with E-state index in [0.717, 1.165) is 12.8 Å². The van der Waals surface area contributed by atoms with Crippen molar-refractivity contribution < 1.29 is 13.2 Å². The first kappa shape index (κ1) is 12.6. The molecule has 0 aliphatic rings. The summed E-state index contributed by atoms with van der Waals surface area (Å²) in [6.07, 6.45) is -1.37. The molecule has 0 atom stereocenters. The van der Waals surface area contributed by atoms with Crippen molar-refractivity contribution in [2.24, 2.45) is 0 Å². The Hall–Kier alpha value is -1.86. The number of halogens is 3. The molecule has 0 aromatic carbocycles. The highest BCUT2D eigenvalue weighted by molar-refractivity contribution is 5.85. The van der Waals surface area contributed by atoms with E-state index in [0.29, 0.717) is 11.9 Å². The van der Waals surface area contributed by atoms with Gasteiger partial charge in [-0.1, -0.05) is 13.3 Å². The molecule has 98 valence electrons. The quantitative estimate of drug-likeness (QED) is 0.828. The normalized spacial score (nSPS) is 12.0. The molecule has 0 fully saturated rings. The number of aromatic nitrogens is 4. The van der Waals surface area contributed by atoms with E-state index in [2.05, 4.69) is 25.5 Å². The van der Waals surface area contributed by atoms with Gasteiger partial charge in [-0.15, -0.1) is 0 Å². The van der Waals surface area contributed by atoms with Crippen LogP contribution >= 0.6 is 0 Å². The van der Waals surface area contributed by atoms with Crippen molar-refractivity contribution >= 4 is 16.9 Å². The lowest BCUT2D eigenvalue weighted by atomic mass is 10.3. The molecule has 0 saturated heterocycles. The number of anilines is 1. The van der Waals surface area contributed by atoms with Crippen molar-refractivity contribution in [2.75, 3.05) is 11.9 Å². The van der Waals surface area contributed by atoms with Gasteiger partial charge in [0.25, 0.3) is 0 Å². The topological polar surface area (TPSA) is 66.5 Å². The van der Waals surface area contributed by atoms with Crippen LogP contribution in [0.15, 0.2) is 6.20 Å². The number of unbranched alkanes of at least 4 members (excludes halogenated alkanes) is 1. The van der Waals surface area contributed by atoms with E-state index in [1.807, 2.05) is 6.92 Å². The van der Waals surface area contributed by atoms with Gasteiger partial charge in [0.1, 0.15) is 5.82 Å². The first-order chi connectivity index (χ1) is 8.52. The average Bonchev–Trinajstić information content (AvgIpc) is 2.76. The second kappa shape index (κ2) is 4.79. The number of fused-ring (bicyclic) bond motifs is 1. The molecule has 0 spiro atoms. The maximum Gasteiger partial charge on any atom is 0.451 e. The lowest BCUT2D eigenvalue weighted by molar-refractivity contribution is -0.144. The zero-order valence-electron chi connectivity index (χ0n) is 9.67. The van der Waals surface area contributed by atoms with Crippen molar-refractivity contribution in [1.29, 1.82) is 0 Å². The SMILES string of the molecule is CCCCNc1nc(C(F)(F)F)nc2[nH]ncc12. The van der Waals surface area contributed by atoms with Crippen LogP contribution in [0.3, 0.4) is 0 Å². The van der Waals surface area contributed by atoms with Gasteiger partial charge < -0.3 is 5.32 Å². The van der Waals surface area contributed by atoms with Gasteiger partial charge in [0.05, 0.1) is 11.6 Å². The second-order valence-corrected chi connectivity index (χ2v) is 3.81. The lowest BCUT2D eigenvalue weighted by Crippen LogP contribution is -2.14. The summed E-state index contributed by atoms with van der Waals surface area (Å²) in [5.41, 5.74) is 0.0799. The zero-order valence-corrected chi connectivity index (χ0v) is 9.67. The van der Waals surface area contributed by atoms with Crippen LogP contribution in [-0.4, -0.2) is 26.7 Å². The van der Waals surface area contributed by atoms with Crippen LogP contribution in [0, 0.1) is 0 Å². The predicted octanol–water partition coefficient (Wildman–Crippen LogP) is 2.58. The van der Waals surface area contributed by atoms with E-state index in [4.69, 9.17) is 0 Å². The number of nitrogens with one attached hydrogen (secondary N) is 2. The summed E-state index contributed by atoms with van der Waals surface area (Å²) in [7, 11) is 0. The van der Waals surface area contributed by atoms with Crippen LogP contribution in [0.5, 0.6) is 0 Å². The van der Waals surface area contributed by atoms with E-state index in [9.17, 15) is 13.2 Å².